The molecule has 2 aliphatic rings. The third kappa shape index (κ3) is 2.31. The van der Waals surface area contributed by atoms with Gasteiger partial charge in [-0.25, -0.2) is 0 Å². The second-order valence-electron chi connectivity index (χ2n) is 6.68. The highest BCUT2D eigenvalue weighted by molar-refractivity contribution is 14.1. The molecule has 0 nitrogen and oxygen atoms in total. The molecule has 2 unspecified atom stereocenters. The number of hydrogen-bond donors (Lipinski definition) is 0. The van der Waals surface area contributed by atoms with Crippen molar-refractivity contribution in [1.29, 1.82) is 0 Å². The maximum absolute atomic E-state index is 3.53. The van der Waals surface area contributed by atoms with E-state index in [0.717, 1.165) is 6.42 Å². The van der Waals surface area contributed by atoms with E-state index in [1.165, 1.54) is 12.0 Å². The second kappa shape index (κ2) is 5.28. The van der Waals surface area contributed by atoms with Crippen LogP contribution < -0.4 is 0 Å². The zero-order valence-corrected chi connectivity index (χ0v) is 14.9. The molecule has 0 aromatic carbocycles. The molecule has 0 aromatic heterocycles. The summed E-state index contributed by atoms with van der Waals surface area (Å²) < 4.78 is 0.202. The number of halogens is 1. The van der Waals surface area contributed by atoms with E-state index in [4.69, 9.17) is 0 Å². The smallest absolute Gasteiger partial charge is 0.0603 e. The number of rotatable bonds is 3. The molecule has 104 valence electrons. The lowest BCUT2D eigenvalue weighted by Crippen LogP contribution is -2.39. The summed E-state index contributed by atoms with van der Waals surface area (Å²) in [6.45, 7) is 11.7. The fourth-order valence-corrected chi connectivity index (χ4v) is 4.83. The quantitative estimate of drug-likeness (QED) is 0.271. The van der Waals surface area contributed by atoms with Crippen LogP contribution >= 0.6 is 22.6 Å². The largest absolute Gasteiger partial charge is 0.0931 e. The van der Waals surface area contributed by atoms with Crippen molar-refractivity contribution in [3.05, 3.63) is 23.8 Å². The average Bonchev–Trinajstić information content (AvgIpc) is 2.53. The summed E-state index contributed by atoms with van der Waals surface area (Å²) in [4.78, 5) is 0. The van der Waals surface area contributed by atoms with Crippen LogP contribution in [0.4, 0.5) is 0 Å². The molecule has 0 aliphatic heterocycles. The van der Waals surface area contributed by atoms with Gasteiger partial charge >= 0.3 is 0 Å². The minimum atomic E-state index is 0.202. The lowest BCUT2D eigenvalue weighted by molar-refractivity contribution is 0.229. The molecule has 0 radical (unpaired) electrons. The Morgan fingerprint density at radius 1 is 1.42 bits per heavy atom. The Hall–Kier alpha value is -0.230. The molecular formula is C18H25I. The summed E-state index contributed by atoms with van der Waals surface area (Å²) in [7, 11) is 0. The predicted molar refractivity (Wildman–Crippen MR) is 92.3 cm³/mol. The average molecular weight is 368 g/mol. The highest BCUT2D eigenvalue weighted by Gasteiger charge is 2.60. The zero-order chi connectivity index (χ0) is 14.3. The van der Waals surface area contributed by atoms with Gasteiger partial charge in [0.1, 0.15) is 0 Å². The van der Waals surface area contributed by atoms with Crippen molar-refractivity contribution in [2.45, 2.75) is 50.9 Å². The molecule has 0 heterocycles. The van der Waals surface area contributed by atoms with Gasteiger partial charge in [-0.05, 0) is 43.1 Å². The lowest BCUT2D eigenvalue weighted by atomic mass is 9.74. The molecule has 0 N–H and O–H groups in total. The van der Waals surface area contributed by atoms with Crippen LogP contribution in [-0.2, 0) is 0 Å². The van der Waals surface area contributed by atoms with Crippen LogP contribution in [-0.4, -0.2) is 3.42 Å². The van der Waals surface area contributed by atoms with Crippen LogP contribution in [0.3, 0.4) is 0 Å². The van der Waals surface area contributed by atoms with Gasteiger partial charge in [-0.2, -0.15) is 0 Å². The molecule has 2 aliphatic carbocycles. The zero-order valence-electron chi connectivity index (χ0n) is 12.8. The van der Waals surface area contributed by atoms with Crippen LogP contribution in [0.25, 0.3) is 0 Å². The van der Waals surface area contributed by atoms with Gasteiger partial charge in [-0.1, -0.05) is 79.9 Å². The maximum atomic E-state index is 3.53. The molecule has 19 heavy (non-hydrogen) atoms. The van der Waals surface area contributed by atoms with E-state index in [0.29, 0.717) is 23.2 Å². The molecule has 0 amide bonds. The number of hydrogen-bond acceptors (Lipinski definition) is 0. The van der Waals surface area contributed by atoms with Gasteiger partial charge in [0.2, 0.25) is 0 Å². The van der Waals surface area contributed by atoms with Crippen molar-refractivity contribution in [3.63, 3.8) is 0 Å². The van der Waals surface area contributed by atoms with Gasteiger partial charge in [0.05, 0.1) is 3.42 Å². The Bertz CT molecular complexity index is 472. The SMILES string of the molecule is CC/C(C)=C/C[C@@H]1C2C#CC=CC2(I)C(C)(C)[C@@H]1C. The van der Waals surface area contributed by atoms with Gasteiger partial charge in [0, 0.05) is 5.92 Å². The molecule has 1 fully saturated rings. The van der Waals surface area contributed by atoms with Crippen molar-refractivity contribution < 1.29 is 0 Å². The minimum absolute atomic E-state index is 0.202. The molecule has 1 saturated carbocycles. The second-order valence-corrected chi connectivity index (χ2v) is 8.47. The first-order valence-corrected chi connectivity index (χ1v) is 8.45. The third-order valence-corrected chi connectivity index (χ3v) is 8.01. The summed E-state index contributed by atoms with van der Waals surface area (Å²) in [5.41, 5.74) is 1.82. The molecule has 2 rings (SSSR count). The Labute approximate surface area is 132 Å². The van der Waals surface area contributed by atoms with Crippen LogP contribution in [0, 0.1) is 35.0 Å². The molecule has 0 bridgehead atoms. The summed E-state index contributed by atoms with van der Waals surface area (Å²) in [6, 6.07) is 0. The van der Waals surface area contributed by atoms with E-state index in [1.807, 2.05) is 0 Å². The highest BCUT2D eigenvalue weighted by Crippen LogP contribution is 2.63. The van der Waals surface area contributed by atoms with Crippen molar-refractivity contribution in [1.82, 2.24) is 0 Å². The standard InChI is InChI=1S/C18H25I/c1-6-13(2)10-11-15-14(3)17(4,5)18(19)12-8-7-9-16(15)18/h8,10,12,14-16H,6,11H2,1-5H3/b13-10+/t14-,15+,16?,18?/m1/s1. The molecular weight excluding hydrogens is 343 g/mol. The summed E-state index contributed by atoms with van der Waals surface area (Å²) in [5.74, 6) is 8.63. The topological polar surface area (TPSA) is 0 Å². The van der Waals surface area contributed by atoms with Gasteiger partial charge in [-0.3, -0.25) is 0 Å². The number of alkyl halides is 1. The normalized spacial score (nSPS) is 39.7. The fourth-order valence-electron chi connectivity index (χ4n) is 3.54. The van der Waals surface area contributed by atoms with E-state index in [9.17, 15) is 0 Å². The maximum Gasteiger partial charge on any atom is 0.0603 e. The minimum Gasteiger partial charge on any atom is -0.0931 e. The van der Waals surface area contributed by atoms with E-state index in [-0.39, 0.29) is 3.42 Å². The van der Waals surface area contributed by atoms with Crippen molar-refractivity contribution >= 4 is 22.6 Å². The third-order valence-electron chi connectivity index (χ3n) is 5.59. The summed E-state index contributed by atoms with van der Waals surface area (Å²) in [5, 5.41) is 0. The Morgan fingerprint density at radius 3 is 2.74 bits per heavy atom. The van der Waals surface area contributed by atoms with Gasteiger partial charge in [0.25, 0.3) is 0 Å². The number of allylic oxidation sites excluding steroid dienone is 4. The monoisotopic (exact) mass is 368 g/mol. The van der Waals surface area contributed by atoms with Crippen LogP contribution in [0.5, 0.6) is 0 Å². The van der Waals surface area contributed by atoms with E-state index >= 15 is 0 Å². The Balaban J connectivity index is 2.32. The van der Waals surface area contributed by atoms with Crippen molar-refractivity contribution in [2.24, 2.45) is 23.2 Å². The Morgan fingerprint density at radius 2 is 2.11 bits per heavy atom. The van der Waals surface area contributed by atoms with Crippen LogP contribution in [0.2, 0.25) is 0 Å². The van der Waals surface area contributed by atoms with E-state index < -0.39 is 0 Å². The number of fused-ring (bicyclic) bond motifs is 1. The van der Waals surface area contributed by atoms with Crippen LogP contribution in [0.1, 0.15) is 47.5 Å². The summed E-state index contributed by atoms with van der Waals surface area (Å²) >= 11 is 2.67. The first-order chi connectivity index (χ1) is 8.84. The lowest BCUT2D eigenvalue weighted by Gasteiger charge is -2.39. The molecule has 0 saturated heterocycles. The Kier molecular flexibility index (Phi) is 4.21. The van der Waals surface area contributed by atoms with Gasteiger partial charge in [0.15, 0.2) is 0 Å². The van der Waals surface area contributed by atoms with Crippen molar-refractivity contribution in [2.75, 3.05) is 0 Å². The van der Waals surface area contributed by atoms with Crippen molar-refractivity contribution in [3.8, 4) is 11.8 Å². The van der Waals surface area contributed by atoms with E-state index in [2.05, 4.69) is 87.3 Å². The predicted octanol–water partition coefficient (Wildman–Crippen LogP) is 5.39. The fraction of sp³-hybridized carbons (Fsp3) is 0.667. The molecule has 1 heteroatoms. The highest BCUT2D eigenvalue weighted by atomic mass is 127. The summed E-state index contributed by atoms with van der Waals surface area (Å²) in [6.07, 6.45) is 9.21. The van der Waals surface area contributed by atoms with Gasteiger partial charge < -0.3 is 0 Å². The molecule has 4 atom stereocenters. The van der Waals surface area contributed by atoms with Gasteiger partial charge in [-0.15, -0.1) is 0 Å². The van der Waals surface area contributed by atoms with E-state index in [1.54, 1.807) is 0 Å². The first-order valence-electron chi connectivity index (χ1n) is 7.38. The molecule has 0 aromatic rings. The van der Waals surface area contributed by atoms with Crippen LogP contribution in [0.15, 0.2) is 23.8 Å². The first kappa shape index (κ1) is 15.2. The molecule has 0 spiro atoms.